The predicted molar refractivity (Wildman–Crippen MR) is 84.1 cm³/mol. The Kier molecular flexibility index (Phi) is 5.54. The third-order valence-electron chi connectivity index (χ3n) is 3.14. The number of nitrogens with one attached hydrogen (secondary N) is 1. The average Bonchev–Trinajstić information content (AvgIpc) is 2.43. The Hall–Kier alpha value is -0.940. The van der Waals surface area contributed by atoms with Gasteiger partial charge in [-0.2, -0.15) is 0 Å². The van der Waals surface area contributed by atoms with Gasteiger partial charge in [0.25, 0.3) is 0 Å². The van der Waals surface area contributed by atoms with Gasteiger partial charge in [-0.25, -0.2) is 4.39 Å². The Morgan fingerprint density at radius 2 is 1.85 bits per heavy atom. The molecule has 0 amide bonds. The van der Waals surface area contributed by atoms with E-state index in [-0.39, 0.29) is 11.9 Å². The van der Waals surface area contributed by atoms with E-state index in [2.05, 4.69) is 21.4 Å². The summed E-state index contributed by atoms with van der Waals surface area (Å²) < 4.78 is 13.8. The highest BCUT2D eigenvalue weighted by Gasteiger charge is 2.13. The molecule has 1 unspecified atom stereocenters. The lowest BCUT2D eigenvalue weighted by molar-refractivity contribution is 0.521. The number of nitrogens with two attached hydrogens (primary N) is 1. The SMILES string of the molecule is NNC(Cc1ccccc1Cl)Cc1ccc(F)cc1Br. The fourth-order valence-corrected chi connectivity index (χ4v) is 2.80. The van der Waals surface area contributed by atoms with E-state index in [1.165, 1.54) is 12.1 Å². The van der Waals surface area contributed by atoms with Crippen molar-refractivity contribution in [1.82, 2.24) is 5.43 Å². The van der Waals surface area contributed by atoms with Crippen molar-refractivity contribution in [2.45, 2.75) is 18.9 Å². The van der Waals surface area contributed by atoms with Crippen LogP contribution in [0.2, 0.25) is 5.02 Å². The van der Waals surface area contributed by atoms with Crippen LogP contribution >= 0.6 is 27.5 Å². The molecule has 2 aromatic rings. The summed E-state index contributed by atoms with van der Waals surface area (Å²) in [7, 11) is 0. The Bertz CT molecular complexity index is 592. The van der Waals surface area contributed by atoms with Crippen molar-refractivity contribution in [3.05, 3.63) is 68.9 Å². The van der Waals surface area contributed by atoms with Crippen molar-refractivity contribution in [2.24, 2.45) is 5.84 Å². The third kappa shape index (κ3) is 4.03. The molecule has 0 aromatic heterocycles. The summed E-state index contributed by atoms with van der Waals surface area (Å²) >= 11 is 9.52. The maximum atomic E-state index is 13.1. The van der Waals surface area contributed by atoms with Gasteiger partial charge in [-0.3, -0.25) is 11.3 Å². The minimum Gasteiger partial charge on any atom is -0.271 e. The maximum Gasteiger partial charge on any atom is 0.124 e. The number of hydrogen-bond donors (Lipinski definition) is 2. The zero-order chi connectivity index (χ0) is 14.5. The second-order valence-electron chi connectivity index (χ2n) is 4.60. The molecule has 2 rings (SSSR count). The van der Waals surface area contributed by atoms with Gasteiger partial charge in [0, 0.05) is 15.5 Å². The molecule has 0 fully saturated rings. The zero-order valence-corrected chi connectivity index (χ0v) is 13.1. The van der Waals surface area contributed by atoms with Crippen molar-refractivity contribution in [3.63, 3.8) is 0 Å². The van der Waals surface area contributed by atoms with E-state index in [4.69, 9.17) is 17.4 Å². The predicted octanol–water partition coefficient (Wildman–Crippen LogP) is 3.86. The summed E-state index contributed by atoms with van der Waals surface area (Å²) in [5.74, 6) is 5.36. The number of benzene rings is 2. The zero-order valence-electron chi connectivity index (χ0n) is 10.7. The lowest BCUT2D eigenvalue weighted by Gasteiger charge is -2.17. The molecule has 0 saturated heterocycles. The summed E-state index contributed by atoms with van der Waals surface area (Å²) in [5, 5.41) is 0.728. The molecular formula is C15H15BrClFN2. The van der Waals surface area contributed by atoms with Crippen LogP contribution in [0.1, 0.15) is 11.1 Å². The van der Waals surface area contributed by atoms with Crippen molar-refractivity contribution in [2.75, 3.05) is 0 Å². The first kappa shape index (κ1) is 15.4. The van der Waals surface area contributed by atoms with E-state index in [9.17, 15) is 4.39 Å². The van der Waals surface area contributed by atoms with E-state index >= 15 is 0 Å². The summed E-state index contributed by atoms with van der Waals surface area (Å²) in [5.41, 5.74) is 4.83. The first-order chi connectivity index (χ1) is 9.60. The van der Waals surface area contributed by atoms with Gasteiger partial charge >= 0.3 is 0 Å². The lowest BCUT2D eigenvalue weighted by Crippen LogP contribution is -2.38. The number of hydrazine groups is 1. The highest BCUT2D eigenvalue weighted by atomic mass is 79.9. The first-order valence-corrected chi connectivity index (χ1v) is 7.40. The van der Waals surface area contributed by atoms with E-state index < -0.39 is 0 Å². The molecule has 0 saturated carbocycles. The van der Waals surface area contributed by atoms with Crippen LogP contribution in [-0.2, 0) is 12.8 Å². The Balaban J connectivity index is 2.11. The molecule has 2 nitrogen and oxygen atoms in total. The van der Waals surface area contributed by atoms with Gasteiger partial charge in [-0.15, -0.1) is 0 Å². The normalized spacial score (nSPS) is 12.4. The second-order valence-corrected chi connectivity index (χ2v) is 5.86. The molecule has 0 aliphatic heterocycles. The van der Waals surface area contributed by atoms with Crippen molar-refractivity contribution in [1.29, 1.82) is 0 Å². The fraction of sp³-hybridized carbons (Fsp3) is 0.200. The Labute approximate surface area is 131 Å². The molecule has 0 bridgehead atoms. The van der Waals surface area contributed by atoms with Crippen LogP contribution < -0.4 is 11.3 Å². The van der Waals surface area contributed by atoms with Crippen LogP contribution in [0.5, 0.6) is 0 Å². The lowest BCUT2D eigenvalue weighted by atomic mass is 9.99. The molecule has 5 heteroatoms. The van der Waals surface area contributed by atoms with Gasteiger partial charge in [-0.1, -0.05) is 51.8 Å². The molecule has 0 aliphatic rings. The molecule has 1 atom stereocenters. The molecule has 0 heterocycles. The summed E-state index contributed by atoms with van der Waals surface area (Å²) in [6.07, 6.45) is 1.39. The van der Waals surface area contributed by atoms with Gasteiger partial charge in [0.2, 0.25) is 0 Å². The topological polar surface area (TPSA) is 38.0 Å². The highest BCUT2D eigenvalue weighted by Crippen LogP contribution is 2.22. The minimum atomic E-state index is -0.260. The second kappa shape index (κ2) is 7.18. The van der Waals surface area contributed by atoms with Gasteiger partial charge in [0.05, 0.1) is 0 Å². The first-order valence-electron chi connectivity index (χ1n) is 6.23. The largest absolute Gasteiger partial charge is 0.271 e. The standard InChI is InChI=1S/C15H15BrClFN2/c16-14-9-12(18)6-5-10(14)7-13(20-19)8-11-3-1-2-4-15(11)17/h1-6,9,13,20H,7-8,19H2. The van der Waals surface area contributed by atoms with Crippen molar-refractivity contribution < 1.29 is 4.39 Å². The highest BCUT2D eigenvalue weighted by molar-refractivity contribution is 9.10. The number of rotatable bonds is 5. The van der Waals surface area contributed by atoms with E-state index in [0.717, 1.165) is 20.6 Å². The van der Waals surface area contributed by atoms with Crippen molar-refractivity contribution in [3.8, 4) is 0 Å². The van der Waals surface area contributed by atoms with E-state index in [1.807, 2.05) is 24.3 Å². The minimum absolute atomic E-state index is 0.0247. The molecular weight excluding hydrogens is 343 g/mol. The summed E-state index contributed by atoms with van der Waals surface area (Å²) in [6.45, 7) is 0. The number of hydrogen-bond acceptors (Lipinski definition) is 2. The van der Waals surface area contributed by atoms with Gasteiger partial charge < -0.3 is 0 Å². The van der Waals surface area contributed by atoms with Gasteiger partial charge in [0.15, 0.2) is 0 Å². The maximum absolute atomic E-state index is 13.1. The third-order valence-corrected chi connectivity index (χ3v) is 4.25. The van der Waals surface area contributed by atoms with Crippen LogP contribution in [0.25, 0.3) is 0 Å². The van der Waals surface area contributed by atoms with Gasteiger partial charge in [-0.05, 0) is 42.2 Å². The molecule has 0 aliphatic carbocycles. The average molecular weight is 358 g/mol. The smallest absolute Gasteiger partial charge is 0.124 e. The Morgan fingerprint density at radius 1 is 1.15 bits per heavy atom. The van der Waals surface area contributed by atoms with E-state index in [1.54, 1.807) is 6.07 Å². The van der Waals surface area contributed by atoms with Gasteiger partial charge in [0.1, 0.15) is 5.82 Å². The molecule has 20 heavy (non-hydrogen) atoms. The van der Waals surface area contributed by atoms with Crippen molar-refractivity contribution >= 4 is 27.5 Å². The monoisotopic (exact) mass is 356 g/mol. The van der Waals surface area contributed by atoms with E-state index in [0.29, 0.717) is 12.8 Å². The molecule has 106 valence electrons. The molecule has 2 aromatic carbocycles. The number of halogens is 3. The van der Waals surface area contributed by atoms with Crippen LogP contribution in [0, 0.1) is 5.82 Å². The van der Waals surface area contributed by atoms with Crippen LogP contribution in [0.15, 0.2) is 46.9 Å². The van der Waals surface area contributed by atoms with Crippen LogP contribution in [0.3, 0.4) is 0 Å². The molecule has 0 radical (unpaired) electrons. The quantitative estimate of drug-likeness (QED) is 0.630. The summed E-state index contributed by atoms with van der Waals surface area (Å²) in [6, 6.07) is 12.4. The fourth-order valence-electron chi connectivity index (χ4n) is 2.07. The van der Waals surface area contributed by atoms with Crippen LogP contribution in [0.4, 0.5) is 4.39 Å². The summed E-state index contributed by atoms with van der Waals surface area (Å²) in [4.78, 5) is 0. The Morgan fingerprint density at radius 3 is 2.50 bits per heavy atom. The van der Waals surface area contributed by atoms with Crippen LogP contribution in [-0.4, -0.2) is 6.04 Å². The molecule has 0 spiro atoms. The molecule has 3 N–H and O–H groups in total.